The van der Waals surface area contributed by atoms with Gasteiger partial charge in [0.25, 0.3) is 0 Å². The number of H-pyrrole nitrogens is 1. The summed E-state index contributed by atoms with van der Waals surface area (Å²) in [4.78, 5) is 18.8. The van der Waals surface area contributed by atoms with E-state index in [1.165, 1.54) is 23.5 Å². The SMILES string of the molecule is Cc1sc(NC(=O)CCn2c(-c3cccs3)n[nH]c2=S)nc1-c1ccc(OC(F)F)cc1. The van der Waals surface area contributed by atoms with Gasteiger partial charge in [0.2, 0.25) is 5.91 Å². The number of benzene rings is 1. The molecule has 0 saturated heterocycles. The molecule has 4 aromatic rings. The van der Waals surface area contributed by atoms with Crippen molar-refractivity contribution in [2.75, 3.05) is 5.32 Å². The van der Waals surface area contributed by atoms with Crippen LogP contribution in [0.4, 0.5) is 13.9 Å². The number of nitrogens with one attached hydrogen (secondary N) is 2. The summed E-state index contributed by atoms with van der Waals surface area (Å²) < 4.78 is 31.2. The van der Waals surface area contributed by atoms with E-state index in [0.29, 0.717) is 28.0 Å². The number of ether oxygens (including phenoxy) is 1. The molecule has 32 heavy (non-hydrogen) atoms. The molecule has 0 atom stereocenters. The minimum Gasteiger partial charge on any atom is -0.435 e. The molecule has 4 rings (SSSR count). The van der Waals surface area contributed by atoms with Crippen LogP contribution in [-0.2, 0) is 11.3 Å². The first-order valence-electron chi connectivity index (χ1n) is 9.42. The second-order valence-electron chi connectivity index (χ2n) is 6.61. The monoisotopic (exact) mass is 493 g/mol. The number of thiazole rings is 1. The van der Waals surface area contributed by atoms with E-state index in [9.17, 15) is 13.6 Å². The van der Waals surface area contributed by atoms with E-state index in [4.69, 9.17) is 12.2 Å². The zero-order valence-corrected chi connectivity index (χ0v) is 19.1. The van der Waals surface area contributed by atoms with Gasteiger partial charge in [0.1, 0.15) is 5.75 Å². The van der Waals surface area contributed by atoms with E-state index in [1.54, 1.807) is 28.0 Å². The lowest BCUT2D eigenvalue weighted by molar-refractivity contribution is -0.116. The molecule has 0 aliphatic heterocycles. The molecule has 12 heteroatoms. The Morgan fingerprint density at radius 3 is 2.78 bits per heavy atom. The molecule has 1 amide bonds. The van der Waals surface area contributed by atoms with Gasteiger partial charge in [-0.1, -0.05) is 6.07 Å². The van der Waals surface area contributed by atoms with Crippen LogP contribution < -0.4 is 10.1 Å². The second-order valence-corrected chi connectivity index (χ2v) is 9.14. The first-order valence-corrected chi connectivity index (χ1v) is 11.5. The third-order valence-corrected chi connectivity index (χ3v) is 6.52. The van der Waals surface area contributed by atoms with Crippen molar-refractivity contribution in [3.05, 3.63) is 51.4 Å². The van der Waals surface area contributed by atoms with E-state index >= 15 is 0 Å². The Hall–Kier alpha value is -2.96. The molecule has 2 N–H and O–H groups in total. The Morgan fingerprint density at radius 2 is 2.09 bits per heavy atom. The molecular weight excluding hydrogens is 476 g/mol. The molecule has 3 heterocycles. The van der Waals surface area contributed by atoms with E-state index in [-0.39, 0.29) is 18.1 Å². The van der Waals surface area contributed by atoms with Crippen molar-refractivity contribution in [1.29, 1.82) is 0 Å². The molecular formula is C20H17F2N5O2S3. The molecule has 0 spiro atoms. The summed E-state index contributed by atoms with van der Waals surface area (Å²) in [5.41, 5.74) is 1.41. The van der Waals surface area contributed by atoms with Crippen LogP contribution in [0.5, 0.6) is 5.75 Å². The van der Waals surface area contributed by atoms with Crippen LogP contribution >= 0.6 is 34.9 Å². The molecule has 166 valence electrons. The highest BCUT2D eigenvalue weighted by atomic mass is 32.1. The van der Waals surface area contributed by atoms with Crippen LogP contribution in [0, 0.1) is 11.7 Å². The predicted octanol–water partition coefficient (Wildman–Crippen LogP) is 5.73. The van der Waals surface area contributed by atoms with Gasteiger partial charge in [0.05, 0.1) is 10.6 Å². The fourth-order valence-electron chi connectivity index (χ4n) is 3.03. The number of nitrogens with zero attached hydrogens (tertiary/aromatic N) is 3. The molecule has 3 aromatic heterocycles. The topological polar surface area (TPSA) is 84.8 Å². The third-order valence-electron chi connectivity index (χ3n) is 4.46. The number of thiophene rings is 1. The number of alkyl halides is 2. The maximum atomic E-state index is 12.5. The number of aryl methyl sites for hydroxylation is 1. The Labute approximate surface area is 194 Å². The maximum absolute atomic E-state index is 12.5. The van der Waals surface area contributed by atoms with Crippen LogP contribution in [0.15, 0.2) is 41.8 Å². The quantitative estimate of drug-likeness (QED) is 0.306. The van der Waals surface area contributed by atoms with E-state index < -0.39 is 6.61 Å². The van der Waals surface area contributed by atoms with Gasteiger partial charge in [0.15, 0.2) is 15.7 Å². The Morgan fingerprint density at radius 1 is 1.31 bits per heavy atom. The summed E-state index contributed by atoms with van der Waals surface area (Å²) in [7, 11) is 0. The summed E-state index contributed by atoms with van der Waals surface area (Å²) in [6.07, 6.45) is 0.194. The molecule has 1 aromatic carbocycles. The zero-order chi connectivity index (χ0) is 22.7. The van der Waals surface area contributed by atoms with Gasteiger partial charge in [0, 0.05) is 23.4 Å². The first-order chi connectivity index (χ1) is 15.4. The number of aromatic nitrogens is 4. The van der Waals surface area contributed by atoms with Crippen LogP contribution in [-0.4, -0.2) is 32.3 Å². The van der Waals surface area contributed by atoms with Gasteiger partial charge in [-0.05, 0) is 54.9 Å². The number of carbonyl (C=O) groups is 1. The third kappa shape index (κ3) is 5.09. The first kappa shape index (κ1) is 22.2. The van der Waals surface area contributed by atoms with Gasteiger partial charge in [-0.25, -0.2) is 4.98 Å². The molecule has 0 fully saturated rings. The lowest BCUT2D eigenvalue weighted by Gasteiger charge is -2.06. The van der Waals surface area contributed by atoms with Crippen molar-refractivity contribution in [3.8, 4) is 27.7 Å². The van der Waals surface area contributed by atoms with Crippen molar-refractivity contribution in [2.24, 2.45) is 0 Å². The smallest absolute Gasteiger partial charge is 0.387 e. The number of hydrogen-bond acceptors (Lipinski definition) is 7. The van der Waals surface area contributed by atoms with Crippen LogP contribution in [0.2, 0.25) is 0 Å². The number of amides is 1. The van der Waals surface area contributed by atoms with Gasteiger partial charge >= 0.3 is 6.61 Å². The van der Waals surface area contributed by atoms with Crippen LogP contribution in [0.3, 0.4) is 0 Å². The van der Waals surface area contributed by atoms with Crippen molar-refractivity contribution in [2.45, 2.75) is 26.5 Å². The predicted molar refractivity (Wildman–Crippen MR) is 123 cm³/mol. The minimum atomic E-state index is -2.87. The summed E-state index contributed by atoms with van der Waals surface area (Å²) >= 11 is 8.18. The fourth-order valence-corrected chi connectivity index (χ4v) is 4.82. The molecule has 0 saturated carbocycles. The number of halogens is 2. The lowest BCUT2D eigenvalue weighted by atomic mass is 10.1. The molecule has 0 aliphatic rings. The average Bonchev–Trinajstić information content (AvgIpc) is 3.47. The lowest BCUT2D eigenvalue weighted by Crippen LogP contribution is -2.14. The zero-order valence-electron chi connectivity index (χ0n) is 16.7. The van der Waals surface area contributed by atoms with Gasteiger partial charge < -0.3 is 10.1 Å². The number of hydrogen-bond donors (Lipinski definition) is 2. The highest BCUT2D eigenvalue weighted by Crippen LogP contribution is 2.31. The van der Waals surface area contributed by atoms with Crippen LogP contribution in [0.25, 0.3) is 22.0 Å². The van der Waals surface area contributed by atoms with E-state index in [1.807, 2.05) is 24.4 Å². The molecule has 7 nitrogen and oxygen atoms in total. The molecule has 0 radical (unpaired) electrons. The number of carbonyl (C=O) groups excluding carboxylic acids is 1. The van der Waals surface area contributed by atoms with Crippen molar-refractivity contribution < 1.29 is 18.3 Å². The summed E-state index contributed by atoms with van der Waals surface area (Å²) in [5.74, 6) is 0.570. The normalized spacial score (nSPS) is 11.1. The average molecular weight is 494 g/mol. The van der Waals surface area contributed by atoms with Gasteiger partial charge in [-0.3, -0.25) is 14.5 Å². The van der Waals surface area contributed by atoms with Crippen molar-refractivity contribution in [3.63, 3.8) is 0 Å². The maximum Gasteiger partial charge on any atom is 0.387 e. The largest absolute Gasteiger partial charge is 0.435 e. The van der Waals surface area contributed by atoms with E-state index in [0.717, 1.165) is 15.3 Å². The van der Waals surface area contributed by atoms with Crippen molar-refractivity contribution in [1.82, 2.24) is 19.7 Å². The highest BCUT2D eigenvalue weighted by molar-refractivity contribution is 7.71. The highest BCUT2D eigenvalue weighted by Gasteiger charge is 2.15. The second kappa shape index (κ2) is 9.67. The van der Waals surface area contributed by atoms with E-state index in [2.05, 4.69) is 25.2 Å². The Bertz CT molecular complexity index is 1260. The molecule has 0 bridgehead atoms. The molecule has 0 unspecified atom stereocenters. The number of anilines is 1. The number of aromatic amines is 1. The summed E-state index contributed by atoms with van der Waals surface area (Å²) in [6, 6.07) is 10.1. The Balaban J connectivity index is 1.41. The molecule has 0 aliphatic carbocycles. The van der Waals surface area contributed by atoms with Crippen LogP contribution in [0.1, 0.15) is 11.3 Å². The summed E-state index contributed by atoms with van der Waals surface area (Å²) in [5, 5.41) is 12.3. The minimum absolute atomic E-state index is 0.0740. The van der Waals surface area contributed by atoms with Crippen molar-refractivity contribution >= 4 is 45.9 Å². The Kier molecular flexibility index (Phi) is 6.72. The van der Waals surface area contributed by atoms with Gasteiger partial charge in [-0.2, -0.15) is 13.9 Å². The fraction of sp³-hybridized carbons (Fsp3) is 0.200. The standard InChI is InChI=1S/C20H17F2N5O2S3/c1-11-16(12-4-6-13(7-5-12)29-18(21)22)24-19(32-11)23-15(28)8-9-27-17(25-26-20(27)30)14-3-2-10-31-14/h2-7,10,18H,8-9H2,1H3,(H,26,30)(H,23,24,28). The number of rotatable bonds is 8. The van der Waals surface area contributed by atoms with Gasteiger partial charge in [-0.15, -0.1) is 22.7 Å². The summed E-state index contributed by atoms with van der Waals surface area (Å²) in [6.45, 7) is -0.622.